The summed E-state index contributed by atoms with van der Waals surface area (Å²) >= 11 is 0. The second-order valence-electron chi connectivity index (χ2n) is 13.1. The Bertz CT molecular complexity index is 1380. The van der Waals surface area contributed by atoms with Crippen LogP contribution in [-0.2, 0) is 19.1 Å². The summed E-state index contributed by atoms with van der Waals surface area (Å²) < 4.78 is 12.4. The van der Waals surface area contributed by atoms with E-state index in [1.807, 2.05) is 47.4 Å². The van der Waals surface area contributed by atoms with Crippen LogP contribution in [0.5, 0.6) is 11.5 Å². The average molecular weight is 584 g/mol. The lowest BCUT2D eigenvalue weighted by Crippen LogP contribution is -2.58. The fourth-order valence-corrected chi connectivity index (χ4v) is 8.10. The van der Waals surface area contributed by atoms with Crippen molar-refractivity contribution in [3.8, 4) is 11.5 Å². The molecule has 2 saturated heterocycles. The van der Waals surface area contributed by atoms with Crippen molar-refractivity contribution in [2.75, 3.05) is 5.32 Å². The number of fused-ring (bicyclic) bond motifs is 1. The molecule has 2 aromatic rings. The number of carbonyl (C=O) groups excluding carboxylic acids is 3. The second-order valence-corrected chi connectivity index (χ2v) is 13.1. The van der Waals surface area contributed by atoms with E-state index in [0.717, 1.165) is 57.1 Å². The summed E-state index contributed by atoms with van der Waals surface area (Å²) in [6, 6.07) is 16.0. The van der Waals surface area contributed by atoms with Gasteiger partial charge in [0, 0.05) is 17.8 Å². The number of carbonyl (C=O) groups is 3. The zero-order chi connectivity index (χ0) is 29.6. The molecule has 2 aromatic carbocycles. The zero-order valence-electron chi connectivity index (χ0n) is 24.7. The number of anilines is 1. The third-order valence-electron chi connectivity index (χ3n) is 10.3. The van der Waals surface area contributed by atoms with Crippen LogP contribution >= 0.6 is 0 Å². The van der Waals surface area contributed by atoms with Crippen molar-refractivity contribution in [2.24, 2.45) is 17.8 Å². The third-order valence-corrected chi connectivity index (χ3v) is 10.3. The van der Waals surface area contributed by atoms with Gasteiger partial charge in [-0.1, -0.05) is 56.5 Å². The molecule has 0 radical (unpaired) electrons. The number of hydrogen-bond acceptors (Lipinski definition) is 5. The largest absolute Gasteiger partial charge is 0.457 e. The van der Waals surface area contributed by atoms with Gasteiger partial charge in [-0.3, -0.25) is 14.4 Å². The summed E-state index contributed by atoms with van der Waals surface area (Å²) in [6.07, 6.45) is 12.4. The van der Waals surface area contributed by atoms with Crippen LogP contribution in [0.2, 0.25) is 0 Å². The Balaban J connectivity index is 1.12. The fraction of sp³-hybridized carbons (Fsp3) is 0.514. The average Bonchev–Trinajstić information content (AvgIpc) is 3.67. The minimum Gasteiger partial charge on any atom is -0.457 e. The molecule has 5 atom stereocenters. The molecule has 43 heavy (non-hydrogen) atoms. The van der Waals surface area contributed by atoms with Crippen LogP contribution in [0.1, 0.15) is 64.7 Å². The Morgan fingerprint density at radius 3 is 2.30 bits per heavy atom. The summed E-state index contributed by atoms with van der Waals surface area (Å²) in [7, 11) is 0. The molecule has 8 heteroatoms. The van der Waals surface area contributed by atoms with Crippen LogP contribution in [0.15, 0.2) is 66.7 Å². The number of nitrogens with zero attached hydrogens (tertiary/aromatic N) is 1. The first kappa shape index (κ1) is 28.1. The maximum absolute atomic E-state index is 14.4. The molecule has 1 spiro atoms. The lowest BCUT2D eigenvalue weighted by molar-refractivity contribution is -0.145. The quantitative estimate of drug-likeness (QED) is 0.414. The van der Waals surface area contributed by atoms with Gasteiger partial charge in [-0.2, -0.15) is 0 Å². The van der Waals surface area contributed by atoms with E-state index in [1.165, 1.54) is 6.42 Å². The van der Waals surface area contributed by atoms with Gasteiger partial charge in [0.1, 0.15) is 23.1 Å². The standard InChI is InChI=1S/C35H41N3O5/c1-22-12-16-25(17-13-22)38-31(33(40)37-23-8-4-2-5-9-23)35-21-20-28(43-35)29(30(35)34(38)41)32(39)36-24-14-18-27(19-15-24)42-26-10-6-3-7-11-26/h3,6-7,10-11,14-15,18-23,25,28-31H,2,4-5,8-9,12-13,16-17H2,1H3,(H,36,39)(H,37,40)/t22?,25?,28-,29+,30-,31-,35+/m1/s1. The van der Waals surface area contributed by atoms with E-state index in [2.05, 4.69) is 17.6 Å². The smallest absolute Gasteiger partial charge is 0.246 e. The Morgan fingerprint density at radius 2 is 1.58 bits per heavy atom. The maximum atomic E-state index is 14.4. The first-order valence-corrected chi connectivity index (χ1v) is 16.1. The van der Waals surface area contributed by atoms with Gasteiger partial charge in [0.2, 0.25) is 17.7 Å². The molecular formula is C35H41N3O5. The van der Waals surface area contributed by atoms with E-state index in [4.69, 9.17) is 9.47 Å². The van der Waals surface area contributed by atoms with Crippen LogP contribution in [0, 0.1) is 17.8 Å². The summed E-state index contributed by atoms with van der Waals surface area (Å²) in [5.74, 6) is 0.0236. The first-order chi connectivity index (χ1) is 20.9. The van der Waals surface area contributed by atoms with E-state index < -0.39 is 29.6 Å². The number of likely N-dealkylation sites (tertiary alicyclic amines) is 1. The number of ether oxygens (including phenoxy) is 2. The van der Waals surface area contributed by atoms with E-state index >= 15 is 0 Å². The molecule has 7 rings (SSSR count). The molecule has 2 saturated carbocycles. The first-order valence-electron chi connectivity index (χ1n) is 16.1. The molecule has 4 fully saturated rings. The molecule has 3 amide bonds. The minimum absolute atomic E-state index is 0.0253. The lowest BCUT2D eigenvalue weighted by Gasteiger charge is -2.40. The van der Waals surface area contributed by atoms with Crippen molar-refractivity contribution in [3.05, 3.63) is 66.7 Å². The van der Waals surface area contributed by atoms with Gasteiger partial charge in [-0.15, -0.1) is 0 Å². The molecule has 0 aromatic heterocycles. The van der Waals surface area contributed by atoms with Crippen molar-refractivity contribution in [1.29, 1.82) is 0 Å². The highest BCUT2D eigenvalue weighted by Gasteiger charge is 2.73. The second kappa shape index (κ2) is 11.5. The minimum atomic E-state index is -1.13. The van der Waals surface area contributed by atoms with Gasteiger partial charge in [0.05, 0.1) is 17.9 Å². The van der Waals surface area contributed by atoms with Gasteiger partial charge in [0.25, 0.3) is 0 Å². The number of amides is 3. The van der Waals surface area contributed by atoms with Gasteiger partial charge in [-0.25, -0.2) is 0 Å². The third kappa shape index (κ3) is 5.13. The van der Waals surface area contributed by atoms with E-state index in [9.17, 15) is 14.4 Å². The zero-order valence-corrected chi connectivity index (χ0v) is 24.7. The molecule has 2 N–H and O–H groups in total. The van der Waals surface area contributed by atoms with Crippen molar-refractivity contribution >= 4 is 23.4 Å². The van der Waals surface area contributed by atoms with Crippen LogP contribution in [-0.4, -0.2) is 52.5 Å². The highest BCUT2D eigenvalue weighted by Crippen LogP contribution is 2.56. The summed E-state index contributed by atoms with van der Waals surface area (Å²) in [5, 5.41) is 6.32. The Hall–Kier alpha value is -3.65. The van der Waals surface area contributed by atoms with Crippen LogP contribution in [0.4, 0.5) is 5.69 Å². The predicted molar refractivity (Wildman–Crippen MR) is 162 cm³/mol. The van der Waals surface area contributed by atoms with Crippen molar-refractivity contribution in [1.82, 2.24) is 10.2 Å². The highest BCUT2D eigenvalue weighted by molar-refractivity contribution is 6.03. The van der Waals surface area contributed by atoms with Crippen LogP contribution in [0.3, 0.4) is 0 Å². The van der Waals surface area contributed by atoms with E-state index in [0.29, 0.717) is 17.4 Å². The summed E-state index contributed by atoms with van der Waals surface area (Å²) in [5.41, 5.74) is -0.514. The van der Waals surface area contributed by atoms with Crippen molar-refractivity contribution < 1.29 is 23.9 Å². The molecule has 0 unspecified atom stereocenters. The van der Waals surface area contributed by atoms with E-state index in [1.54, 1.807) is 24.3 Å². The summed E-state index contributed by atoms with van der Waals surface area (Å²) in [6.45, 7) is 2.25. The SMILES string of the molecule is CC1CCC(N2C(=O)[C@H]3[C@@H](C(=O)Nc4ccc(Oc5ccccc5)cc4)[C@H]4C=C[C@@]3(O4)[C@H]2C(=O)NC2CCCCC2)CC1. The number of nitrogens with one attached hydrogen (secondary N) is 2. The number of para-hydroxylation sites is 1. The van der Waals surface area contributed by atoms with Gasteiger partial charge >= 0.3 is 0 Å². The number of benzene rings is 2. The number of rotatable bonds is 7. The van der Waals surface area contributed by atoms with Crippen molar-refractivity contribution in [2.45, 2.75) is 94.5 Å². The van der Waals surface area contributed by atoms with E-state index in [-0.39, 0.29) is 29.8 Å². The monoisotopic (exact) mass is 583 g/mol. The van der Waals surface area contributed by atoms with Gasteiger partial charge in [-0.05, 0) is 80.8 Å². The van der Waals surface area contributed by atoms with Gasteiger partial charge < -0.3 is 25.0 Å². The summed E-state index contributed by atoms with van der Waals surface area (Å²) in [4.78, 5) is 44.2. The number of hydrogen-bond donors (Lipinski definition) is 2. The Morgan fingerprint density at radius 1 is 0.884 bits per heavy atom. The van der Waals surface area contributed by atoms with Crippen LogP contribution in [0.25, 0.3) is 0 Å². The molecule has 5 aliphatic rings. The molecule has 3 aliphatic heterocycles. The topological polar surface area (TPSA) is 97.0 Å². The molecule has 8 nitrogen and oxygen atoms in total. The highest BCUT2D eigenvalue weighted by atomic mass is 16.5. The lowest BCUT2D eigenvalue weighted by atomic mass is 9.74. The molecular weight excluding hydrogens is 542 g/mol. The van der Waals surface area contributed by atoms with Crippen molar-refractivity contribution in [3.63, 3.8) is 0 Å². The van der Waals surface area contributed by atoms with Crippen LogP contribution < -0.4 is 15.4 Å². The normalized spacial score (nSPS) is 33.3. The fourth-order valence-electron chi connectivity index (χ4n) is 8.10. The Labute approximate surface area is 253 Å². The van der Waals surface area contributed by atoms with Gasteiger partial charge in [0.15, 0.2) is 0 Å². The molecule has 2 bridgehead atoms. The molecule has 3 heterocycles. The predicted octanol–water partition coefficient (Wildman–Crippen LogP) is 5.60. The maximum Gasteiger partial charge on any atom is 0.246 e. The molecule has 2 aliphatic carbocycles. The molecule has 226 valence electrons. The Kier molecular flexibility index (Phi) is 7.49.